The largest absolute Gasteiger partial charge is 0.467 e. The molecule has 1 saturated carbocycles. The van der Waals surface area contributed by atoms with Gasteiger partial charge in [-0.15, -0.1) is 0 Å². The van der Waals surface area contributed by atoms with Crippen molar-refractivity contribution in [1.82, 2.24) is 5.32 Å². The Morgan fingerprint density at radius 3 is 2.68 bits per heavy atom. The maximum Gasteiger partial charge on any atom is 0.328 e. The molecule has 0 aromatic heterocycles. The van der Waals surface area contributed by atoms with Crippen molar-refractivity contribution >= 4 is 29.3 Å². The van der Waals surface area contributed by atoms with Crippen LogP contribution in [-0.2, 0) is 19.1 Å². The summed E-state index contributed by atoms with van der Waals surface area (Å²) < 4.78 is 4.79. The van der Waals surface area contributed by atoms with Crippen molar-refractivity contribution in [1.29, 1.82) is 0 Å². The van der Waals surface area contributed by atoms with E-state index in [0.29, 0.717) is 30.5 Å². The molecule has 7 nitrogen and oxygen atoms in total. The number of ether oxygens (including phenoxy) is 1. The molecule has 1 aliphatic carbocycles. The van der Waals surface area contributed by atoms with Gasteiger partial charge in [0.15, 0.2) is 0 Å². The Bertz CT molecular complexity index is 686. The quantitative estimate of drug-likeness (QED) is 0.790. The Labute approximate surface area is 146 Å². The molecule has 1 aliphatic rings. The minimum absolute atomic E-state index is 0.0899. The van der Waals surface area contributed by atoms with E-state index in [-0.39, 0.29) is 24.0 Å². The number of rotatable bonds is 5. The van der Waals surface area contributed by atoms with Gasteiger partial charge in [0, 0.05) is 31.0 Å². The van der Waals surface area contributed by atoms with E-state index in [1.165, 1.54) is 20.1 Å². The summed E-state index contributed by atoms with van der Waals surface area (Å²) in [4.78, 5) is 47.4. The molecular weight excluding hydrogens is 324 g/mol. The Morgan fingerprint density at radius 2 is 2.04 bits per heavy atom. The maximum absolute atomic E-state index is 12.5. The first-order valence-corrected chi connectivity index (χ1v) is 8.18. The normalized spacial score (nSPS) is 18.2. The first-order valence-electron chi connectivity index (χ1n) is 8.18. The molecule has 2 amide bonds. The summed E-state index contributed by atoms with van der Waals surface area (Å²) >= 11 is 0. The Kier molecular flexibility index (Phi) is 6.27. The number of esters is 1. The predicted molar refractivity (Wildman–Crippen MR) is 91.0 cm³/mol. The highest BCUT2D eigenvalue weighted by Gasteiger charge is 2.34. The molecule has 1 fully saturated rings. The molecule has 0 radical (unpaired) electrons. The van der Waals surface area contributed by atoms with Crippen LogP contribution < -0.4 is 10.6 Å². The zero-order valence-corrected chi connectivity index (χ0v) is 14.3. The lowest BCUT2D eigenvalue weighted by Gasteiger charge is -2.28. The third-order valence-corrected chi connectivity index (χ3v) is 4.18. The smallest absolute Gasteiger partial charge is 0.328 e. The number of amides is 2. The zero-order valence-electron chi connectivity index (χ0n) is 14.3. The van der Waals surface area contributed by atoms with Crippen LogP contribution in [0.4, 0.5) is 5.69 Å². The average Bonchev–Trinajstić information content (AvgIpc) is 2.58. The fraction of sp³-hybridized carbons (Fsp3) is 0.444. The van der Waals surface area contributed by atoms with Crippen molar-refractivity contribution in [3.05, 3.63) is 29.8 Å². The van der Waals surface area contributed by atoms with Crippen LogP contribution in [0, 0.1) is 5.92 Å². The van der Waals surface area contributed by atoms with Crippen LogP contribution in [0.3, 0.4) is 0 Å². The lowest BCUT2D eigenvalue weighted by Crippen LogP contribution is -2.48. The van der Waals surface area contributed by atoms with Gasteiger partial charge in [-0.25, -0.2) is 4.79 Å². The first kappa shape index (κ1) is 18.6. The van der Waals surface area contributed by atoms with Gasteiger partial charge in [-0.05, 0) is 37.0 Å². The van der Waals surface area contributed by atoms with Crippen molar-refractivity contribution in [2.24, 2.45) is 5.92 Å². The maximum atomic E-state index is 12.5. The SMILES string of the molecule is COC(=O)[C@H](NC(=O)c1cccc(NC(C)=O)c1)[C@H]1CCCC(=O)C1. The minimum atomic E-state index is -0.869. The molecule has 134 valence electrons. The van der Waals surface area contributed by atoms with Crippen molar-refractivity contribution in [2.45, 2.75) is 38.6 Å². The number of methoxy groups -OCH3 is 1. The highest BCUT2D eigenvalue weighted by molar-refractivity contribution is 5.99. The summed E-state index contributed by atoms with van der Waals surface area (Å²) in [5.41, 5.74) is 0.796. The lowest BCUT2D eigenvalue weighted by molar-refractivity contribution is -0.145. The standard InChI is InChI=1S/C18H22N2O5/c1-11(21)19-14-7-3-6-13(9-14)17(23)20-16(18(24)25-2)12-5-4-8-15(22)10-12/h3,6-7,9,12,16H,4-5,8,10H2,1-2H3,(H,19,21)(H,20,23)/t12-,16+/m0/s1. The molecule has 0 unspecified atom stereocenters. The second kappa shape index (κ2) is 8.41. The van der Waals surface area contributed by atoms with Gasteiger partial charge in [0.25, 0.3) is 5.91 Å². The molecule has 0 heterocycles. The minimum Gasteiger partial charge on any atom is -0.467 e. The van der Waals surface area contributed by atoms with Crippen LogP contribution in [0.2, 0.25) is 0 Å². The van der Waals surface area contributed by atoms with E-state index in [1.54, 1.807) is 18.2 Å². The zero-order chi connectivity index (χ0) is 18.4. The number of ketones is 1. The number of hydrogen-bond acceptors (Lipinski definition) is 5. The summed E-state index contributed by atoms with van der Waals surface area (Å²) in [7, 11) is 1.25. The average molecular weight is 346 g/mol. The van der Waals surface area contributed by atoms with Crippen molar-refractivity contribution < 1.29 is 23.9 Å². The van der Waals surface area contributed by atoms with E-state index in [2.05, 4.69) is 10.6 Å². The molecule has 2 atom stereocenters. The van der Waals surface area contributed by atoms with E-state index in [1.807, 2.05) is 0 Å². The molecule has 2 N–H and O–H groups in total. The molecule has 0 saturated heterocycles. The number of nitrogens with one attached hydrogen (secondary N) is 2. The number of Topliss-reactive ketones (excluding diaryl/α,β-unsaturated/α-hetero) is 1. The molecule has 2 rings (SSSR count). The summed E-state index contributed by atoms with van der Waals surface area (Å²) in [6, 6.07) is 5.54. The Balaban J connectivity index is 2.15. The van der Waals surface area contributed by atoms with E-state index in [9.17, 15) is 19.2 Å². The number of anilines is 1. The van der Waals surface area contributed by atoms with Gasteiger partial charge >= 0.3 is 5.97 Å². The summed E-state index contributed by atoms with van der Waals surface area (Å²) in [6.45, 7) is 1.38. The molecule has 0 bridgehead atoms. The van der Waals surface area contributed by atoms with Crippen LogP contribution in [-0.4, -0.2) is 36.7 Å². The molecule has 0 aliphatic heterocycles. The van der Waals surface area contributed by atoms with Gasteiger partial charge in [-0.3, -0.25) is 14.4 Å². The van der Waals surface area contributed by atoms with Crippen molar-refractivity contribution in [3.8, 4) is 0 Å². The highest BCUT2D eigenvalue weighted by Crippen LogP contribution is 2.25. The van der Waals surface area contributed by atoms with Gasteiger partial charge in [0.1, 0.15) is 11.8 Å². The Hall–Kier alpha value is -2.70. The number of benzene rings is 1. The van der Waals surface area contributed by atoms with E-state index >= 15 is 0 Å². The lowest BCUT2D eigenvalue weighted by atomic mass is 9.83. The summed E-state index contributed by atoms with van der Waals surface area (Å²) in [6.07, 6.45) is 2.14. The third-order valence-electron chi connectivity index (χ3n) is 4.18. The predicted octanol–water partition coefficient (Wildman–Crippen LogP) is 1.68. The van der Waals surface area contributed by atoms with Gasteiger partial charge in [-0.2, -0.15) is 0 Å². The first-order chi connectivity index (χ1) is 11.9. The fourth-order valence-corrected chi connectivity index (χ4v) is 3.00. The number of carbonyl (C=O) groups excluding carboxylic acids is 4. The molecular formula is C18H22N2O5. The van der Waals surface area contributed by atoms with Crippen LogP contribution in [0.15, 0.2) is 24.3 Å². The van der Waals surface area contributed by atoms with Gasteiger partial charge in [0.2, 0.25) is 5.91 Å². The van der Waals surface area contributed by atoms with Crippen LogP contribution in [0.25, 0.3) is 0 Å². The fourth-order valence-electron chi connectivity index (χ4n) is 3.00. The second-order valence-electron chi connectivity index (χ2n) is 6.13. The molecule has 25 heavy (non-hydrogen) atoms. The molecule has 1 aromatic rings. The number of hydrogen-bond donors (Lipinski definition) is 2. The third kappa shape index (κ3) is 5.14. The van der Waals surface area contributed by atoms with Gasteiger partial charge in [-0.1, -0.05) is 6.07 Å². The van der Waals surface area contributed by atoms with Crippen LogP contribution >= 0.6 is 0 Å². The summed E-state index contributed by atoms with van der Waals surface area (Å²) in [5.74, 6) is -1.44. The molecule has 7 heteroatoms. The Morgan fingerprint density at radius 1 is 1.28 bits per heavy atom. The van der Waals surface area contributed by atoms with E-state index < -0.39 is 17.9 Å². The summed E-state index contributed by atoms with van der Waals surface area (Å²) in [5, 5.41) is 5.28. The monoisotopic (exact) mass is 346 g/mol. The number of carbonyl (C=O) groups is 4. The van der Waals surface area contributed by atoms with Crippen LogP contribution in [0.1, 0.15) is 43.0 Å². The van der Waals surface area contributed by atoms with Gasteiger partial charge < -0.3 is 15.4 Å². The van der Waals surface area contributed by atoms with E-state index in [4.69, 9.17) is 4.74 Å². The molecule has 0 spiro atoms. The highest BCUT2D eigenvalue weighted by atomic mass is 16.5. The van der Waals surface area contributed by atoms with Crippen molar-refractivity contribution in [3.63, 3.8) is 0 Å². The van der Waals surface area contributed by atoms with E-state index in [0.717, 1.165) is 0 Å². The second-order valence-corrected chi connectivity index (χ2v) is 6.13. The molecule has 1 aromatic carbocycles. The topological polar surface area (TPSA) is 102 Å². The van der Waals surface area contributed by atoms with Gasteiger partial charge in [0.05, 0.1) is 7.11 Å². The van der Waals surface area contributed by atoms with Crippen LogP contribution in [0.5, 0.6) is 0 Å². The van der Waals surface area contributed by atoms with Crippen molar-refractivity contribution in [2.75, 3.05) is 12.4 Å².